The van der Waals surface area contributed by atoms with Crippen LogP contribution in [0.2, 0.25) is 5.02 Å². The van der Waals surface area contributed by atoms with Crippen LogP contribution in [0.4, 0.5) is 0 Å². The highest BCUT2D eigenvalue weighted by Crippen LogP contribution is 2.49. The lowest BCUT2D eigenvalue weighted by Gasteiger charge is -2.31. The first-order valence-electron chi connectivity index (χ1n) is 6.61. The molecule has 0 bridgehead atoms. The van der Waals surface area contributed by atoms with Gasteiger partial charge in [0.1, 0.15) is 0 Å². The van der Waals surface area contributed by atoms with Crippen LogP contribution in [0.3, 0.4) is 0 Å². The maximum absolute atomic E-state index is 10.7. The molecule has 19 heavy (non-hydrogen) atoms. The minimum atomic E-state index is -0.567. The summed E-state index contributed by atoms with van der Waals surface area (Å²) in [6.07, 6.45) is 3.82. The van der Waals surface area contributed by atoms with E-state index in [1.165, 1.54) is 12.8 Å². The molecule has 1 atom stereocenters. The van der Waals surface area contributed by atoms with Crippen molar-refractivity contribution in [3.05, 3.63) is 22.7 Å². The number of ether oxygens (including phenoxy) is 2. The summed E-state index contributed by atoms with van der Waals surface area (Å²) in [5.74, 6) is 1.18. The van der Waals surface area contributed by atoms with Gasteiger partial charge in [-0.1, -0.05) is 31.4 Å². The van der Waals surface area contributed by atoms with Crippen LogP contribution >= 0.6 is 11.6 Å². The van der Waals surface area contributed by atoms with Gasteiger partial charge in [-0.2, -0.15) is 0 Å². The number of aliphatic hydroxyl groups is 1. The minimum absolute atomic E-state index is 0.0940. The Labute approximate surface area is 119 Å². The molecular weight excluding hydrogens is 264 g/mol. The zero-order valence-corrected chi connectivity index (χ0v) is 12.5. The van der Waals surface area contributed by atoms with Crippen molar-refractivity contribution in [2.45, 2.75) is 38.7 Å². The number of benzene rings is 1. The van der Waals surface area contributed by atoms with Gasteiger partial charge in [-0.25, -0.2) is 0 Å². The van der Waals surface area contributed by atoms with E-state index in [-0.39, 0.29) is 5.41 Å². The van der Waals surface area contributed by atoms with Crippen molar-refractivity contribution in [1.82, 2.24) is 0 Å². The summed E-state index contributed by atoms with van der Waals surface area (Å²) in [4.78, 5) is 0. The molecule has 1 aromatic carbocycles. The summed E-state index contributed by atoms with van der Waals surface area (Å²) in [6.45, 7) is 2.12. The molecule has 3 nitrogen and oxygen atoms in total. The predicted molar refractivity (Wildman–Crippen MR) is 76.1 cm³/mol. The Morgan fingerprint density at radius 3 is 2.21 bits per heavy atom. The maximum atomic E-state index is 10.7. The van der Waals surface area contributed by atoms with Crippen molar-refractivity contribution in [2.75, 3.05) is 14.2 Å². The number of hydrogen-bond donors (Lipinski definition) is 1. The van der Waals surface area contributed by atoms with E-state index in [4.69, 9.17) is 21.1 Å². The molecule has 0 heterocycles. The summed E-state index contributed by atoms with van der Waals surface area (Å²) < 4.78 is 10.5. The molecule has 1 N–H and O–H groups in total. The molecule has 0 amide bonds. The highest BCUT2D eigenvalue weighted by Gasteiger charge is 2.38. The Balaban J connectivity index is 2.38. The van der Waals surface area contributed by atoms with E-state index in [1.807, 2.05) is 0 Å². The molecule has 1 saturated carbocycles. The van der Waals surface area contributed by atoms with Crippen molar-refractivity contribution in [3.63, 3.8) is 0 Å². The molecule has 0 radical (unpaired) electrons. The van der Waals surface area contributed by atoms with Crippen LogP contribution < -0.4 is 9.47 Å². The van der Waals surface area contributed by atoms with E-state index < -0.39 is 6.10 Å². The third-order valence-corrected chi connectivity index (χ3v) is 4.53. The van der Waals surface area contributed by atoms with Gasteiger partial charge in [0.05, 0.1) is 25.3 Å². The van der Waals surface area contributed by atoms with Gasteiger partial charge in [0.25, 0.3) is 0 Å². The van der Waals surface area contributed by atoms with E-state index in [9.17, 15) is 5.11 Å². The average Bonchev–Trinajstić information content (AvgIpc) is 2.85. The van der Waals surface area contributed by atoms with Crippen LogP contribution in [-0.2, 0) is 0 Å². The molecule has 1 fully saturated rings. The zero-order valence-electron chi connectivity index (χ0n) is 11.7. The van der Waals surface area contributed by atoms with E-state index >= 15 is 0 Å². The summed E-state index contributed by atoms with van der Waals surface area (Å²) in [7, 11) is 3.15. The molecule has 0 saturated heterocycles. The average molecular weight is 285 g/mol. The first-order valence-corrected chi connectivity index (χ1v) is 6.99. The van der Waals surface area contributed by atoms with Gasteiger partial charge < -0.3 is 14.6 Å². The number of hydrogen-bond acceptors (Lipinski definition) is 3. The second-order valence-corrected chi connectivity index (χ2v) is 5.90. The normalized spacial score (nSPS) is 19.2. The molecule has 2 rings (SSSR count). The lowest BCUT2D eigenvalue weighted by molar-refractivity contribution is 0.0407. The van der Waals surface area contributed by atoms with Gasteiger partial charge in [0.2, 0.25) is 0 Å². The third-order valence-electron chi connectivity index (χ3n) is 4.20. The van der Waals surface area contributed by atoms with Crippen LogP contribution in [0.1, 0.15) is 44.3 Å². The van der Waals surface area contributed by atoms with E-state index in [0.717, 1.165) is 18.4 Å². The fourth-order valence-electron chi connectivity index (χ4n) is 2.91. The number of aliphatic hydroxyl groups excluding tert-OH is 1. The van der Waals surface area contributed by atoms with Gasteiger partial charge >= 0.3 is 0 Å². The Bertz CT molecular complexity index is 453. The second-order valence-electron chi connectivity index (χ2n) is 5.49. The number of halogens is 1. The van der Waals surface area contributed by atoms with E-state index in [0.29, 0.717) is 16.5 Å². The predicted octanol–water partition coefficient (Wildman–Crippen LogP) is 3.97. The molecule has 1 unspecified atom stereocenters. The molecule has 0 spiro atoms. The van der Waals surface area contributed by atoms with Crippen LogP contribution in [0, 0.1) is 5.41 Å². The summed E-state index contributed by atoms with van der Waals surface area (Å²) in [6, 6.07) is 3.49. The molecule has 0 aromatic heterocycles. The maximum Gasteiger partial charge on any atom is 0.162 e. The lowest BCUT2D eigenvalue weighted by atomic mass is 9.79. The minimum Gasteiger partial charge on any atom is -0.493 e. The molecular formula is C15H21ClO3. The molecule has 1 aromatic rings. The largest absolute Gasteiger partial charge is 0.493 e. The van der Waals surface area contributed by atoms with Crippen molar-refractivity contribution >= 4 is 11.6 Å². The first kappa shape index (κ1) is 14.5. The van der Waals surface area contributed by atoms with Gasteiger partial charge in [-0.15, -0.1) is 0 Å². The highest BCUT2D eigenvalue weighted by atomic mass is 35.5. The van der Waals surface area contributed by atoms with Crippen LogP contribution in [-0.4, -0.2) is 19.3 Å². The van der Waals surface area contributed by atoms with Crippen molar-refractivity contribution in [3.8, 4) is 11.5 Å². The van der Waals surface area contributed by atoms with Gasteiger partial charge in [0, 0.05) is 11.6 Å². The van der Waals surface area contributed by atoms with Crippen molar-refractivity contribution in [1.29, 1.82) is 0 Å². The molecule has 1 aliphatic rings. The Morgan fingerprint density at radius 2 is 1.68 bits per heavy atom. The molecule has 1 aliphatic carbocycles. The Morgan fingerprint density at radius 1 is 1.16 bits per heavy atom. The van der Waals surface area contributed by atoms with E-state index in [1.54, 1.807) is 26.4 Å². The fourth-order valence-corrected chi connectivity index (χ4v) is 3.17. The molecule has 0 aliphatic heterocycles. The Kier molecular flexibility index (Phi) is 4.26. The van der Waals surface area contributed by atoms with E-state index in [2.05, 4.69) is 6.92 Å². The number of rotatable bonds is 4. The molecule has 4 heteroatoms. The van der Waals surface area contributed by atoms with Crippen LogP contribution in [0.25, 0.3) is 0 Å². The third kappa shape index (κ3) is 2.67. The summed E-state index contributed by atoms with van der Waals surface area (Å²) >= 11 is 6.28. The Hall–Kier alpha value is -0.930. The van der Waals surface area contributed by atoms with Gasteiger partial charge in [-0.3, -0.25) is 0 Å². The monoisotopic (exact) mass is 284 g/mol. The summed E-state index contributed by atoms with van der Waals surface area (Å²) in [5.41, 5.74) is 0.632. The quantitative estimate of drug-likeness (QED) is 0.909. The van der Waals surface area contributed by atoms with Crippen molar-refractivity contribution < 1.29 is 14.6 Å². The smallest absolute Gasteiger partial charge is 0.162 e. The number of methoxy groups -OCH3 is 2. The first-order chi connectivity index (χ1) is 9.01. The second kappa shape index (κ2) is 5.59. The standard InChI is InChI=1S/C15H21ClO3/c1-15(6-4-5-7-15)14(17)10-8-12(18-2)13(19-3)9-11(10)16/h8-9,14,17H,4-7H2,1-3H3. The van der Waals surface area contributed by atoms with Gasteiger partial charge in [-0.05, 0) is 24.3 Å². The van der Waals surface area contributed by atoms with Crippen molar-refractivity contribution in [2.24, 2.45) is 5.41 Å². The SMILES string of the molecule is COc1cc(Cl)c(C(O)C2(C)CCCC2)cc1OC. The summed E-state index contributed by atoms with van der Waals surface area (Å²) in [5, 5.41) is 11.2. The fraction of sp³-hybridized carbons (Fsp3) is 0.600. The highest BCUT2D eigenvalue weighted by molar-refractivity contribution is 6.31. The van der Waals surface area contributed by atoms with Crippen LogP contribution in [0.15, 0.2) is 12.1 Å². The topological polar surface area (TPSA) is 38.7 Å². The lowest BCUT2D eigenvalue weighted by Crippen LogP contribution is -2.22. The molecule has 106 valence electrons. The van der Waals surface area contributed by atoms with Crippen LogP contribution in [0.5, 0.6) is 11.5 Å². The zero-order chi connectivity index (χ0) is 14.0. The van der Waals surface area contributed by atoms with Gasteiger partial charge in [0.15, 0.2) is 11.5 Å².